The first kappa shape index (κ1) is 20.0. The van der Waals surface area contributed by atoms with Gasteiger partial charge in [-0.3, -0.25) is 14.3 Å². The van der Waals surface area contributed by atoms with Gasteiger partial charge in [0.2, 0.25) is 0 Å². The van der Waals surface area contributed by atoms with E-state index in [9.17, 15) is 9.59 Å². The molecule has 8 heteroatoms. The summed E-state index contributed by atoms with van der Waals surface area (Å²) in [5, 5.41) is 1.66. The van der Waals surface area contributed by atoms with Gasteiger partial charge < -0.3 is 9.88 Å². The highest BCUT2D eigenvalue weighted by molar-refractivity contribution is 6.31. The number of piperazine rings is 1. The van der Waals surface area contributed by atoms with Crippen LogP contribution in [0.2, 0.25) is 10.0 Å². The lowest BCUT2D eigenvalue weighted by atomic mass is 10.2. The van der Waals surface area contributed by atoms with Crippen molar-refractivity contribution in [2.24, 2.45) is 0 Å². The Hall–Kier alpha value is -2.28. The molecule has 1 N–H and O–H groups in total. The number of nitrogens with zero attached hydrogens (tertiary/aromatic N) is 3. The van der Waals surface area contributed by atoms with E-state index in [0.717, 1.165) is 49.9 Å². The molecule has 0 radical (unpaired) electrons. The highest BCUT2D eigenvalue weighted by Gasteiger charge is 2.17. The number of H-pyrrole nitrogens is 1. The number of fused-ring (bicyclic) bond motifs is 1. The van der Waals surface area contributed by atoms with Crippen molar-refractivity contribution in [1.82, 2.24) is 14.5 Å². The fourth-order valence-corrected chi connectivity index (χ4v) is 4.14. The van der Waals surface area contributed by atoms with Gasteiger partial charge in [0.25, 0.3) is 5.56 Å². The molecule has 0 unspecified atom stereocenters. The third kappa shape index (κ3) is 4.50. The number of nitrogens with one attached hydrogen (secondary N) is 1. The molecule has 2 aromatic carbocycles. The highest BCUT2D eigenvalue weighted by atomic mass is 35.5. The Morgan fingerprint density at radius 1 is 0.897 bits per heavy atom. The Morgan fingerprint density at radius 3 is 2.41 bits per heavy atom. The minimum Gasteiger partial charge on any atom is -0.369 e. The van der Waals surface area contributed by atoms with Gasteiger partial charge in [-0.25, -0.2) is 4.79 Å². The fourth-order valence-electron chi connectivity index (χ4n) is 3.78. The van der Waals surface area contributed by atoms with Crippen molar-refractivity contribution < 1.29 is 0 Å². The number of aromatic nitrogens is 2. The standard InChI is InChI=1S/C21H22Cl2N4O2/c22-15-3-1-4-17(13-15)26-11-9-25(10-12-26)7-2-8-27-20(28)18-14-16(23)5-6-19(18)24-21(27)29/h1,3-6,13-14H,2,7-12H2,(H,24,29). The molecule has 0 atom stereocenters. The molecule has 0 bridgehead atoms. The third-order valence-electron chi connectivity index (χ3n) is 5.35. The van der Waals surface area contributed by atoms with Crippen molar-refractivity contribution in [1.29, 1.82) is 0 Å². The van der Waals surface area contributed by atoms with Gasteiger partial charge in [0.15, 0.2) is 0 Å². The maximum atomic E-state index is 12.7. The van der Waals surface area contributed by atoms with Crippen LogP contribution in [-0.2, 0) is 6.54 Å². The molecule has 4 rings (SSSR count). The van der Waals surface area contributed by atoms with Crippen LogP contribution in [0.25, 0.3) is 10.9 Å². The van der Waals surface area contributed by atoms with Gasteiger partial charge in [0.05, 0.1) is 10.9 Å². The Bertz CT molecular complexity index is 1130. The normalized spacial score (nSPS) is 15.2. The van der Waals surface area contributed by atoms with Crippen molar-refractivity contribution >= 4 is 39.8 Å². The van der Waals surface area contributed by atoms with Crippen LogP contribution in [0.4, 0.5) is 5.69 Å². The van der Waals surface area contributed by atoms with Crippen LogP contribution in [0.15, 0.2) is 52.1 Å². The second kappa shape index (κ2) is 8.61. The molecule has 152 valence electrons. The summed E-state index contributed by atoms with van der Waals surface area (Å²) in [5.41, 5.74) is 0.982. The van der Waals surface area contributed by atoms with Crippen molar-refractivity contribution in [2.45, 2.75) is 13.0 Å². The molecule has 1 saturated heterocycles. The summed E-state index contributed by atoms with van der Waals surface area (Å²) < 4.78 is 1.26. The van der Waals surface area contributed by atoms with Crippen LogP contribution in [-0.4, -0.2) is 47.2 Å². The Labute approximate surface area is 178 Å². The zero-order valence-electron chi connectivity index (χ0n) is 15.9. The Morgan fingerprint density at radius 2 is 1.66 bits per heavy atom. The van der Waals surface area contributed by atoms with Gasteiger partial charge in [-0.2, -0.15) is 0 Å². The quantitative estimate of drug-likeness (QED) is 0.672. The predicted octanol–water partition coefficient (Wildman–Crippen LogP) is 3.21. The van der Waals surface area contributed by atoms with Crippen LogP contribution >= 0.6 is 23.2 Å². The summed E-state index contributed by atoms with van der Waals surface area (Å²) in [6, 6.07) is 12.8. The number of benzene rings is 2. The Kier molecular flexibility index (Phi) is 5.94. The maximum Gasteiger partial charge on any atom is 0.328 e. The van der Waals surface area contributed by atoms with Gasteiger partial charge in [-0.1, -0.05) is 29.3 Å². The van der Waals surface area contributed by atoms with Crippen LogP contribution in [0.1, 0.15) is 6.42 Å². The topological polar surface area (TPSA) is 61.3 Å². The van der Waals surface area contributed by atoms with Crippen LogP contribution in [0.3, 0.4) is 0 Å². The monoisotopic (exact) mass is 432 g/mol. The van der Waals surface area contributed by atoms with Crippen LogP contribution < -0.4 is 16.1 Å². The average molecular weight is 433 g/mol. The molecular formula is C21H22Cl2N4O2. The van der Waals surface area contributed by atoms with Gasteiger partial charge in [-0.05, 0) is 49.4 Å². The first-order chi connectivity index (χ1) is 14.0. The van der Waals surface area contributed by atoms with E-state index >= 15 is 0 Å². The molecular weight excluding hydrogens is 411 g/mol. The summed E-state index contributed by atoms with van der Waals surface area (Å²) >= 11 is 12.1. The fraction of sp³-hybridized carbons (Fsp3) is 0.333. The first-order valence-electron chi connectivity index (χ1n) is 9.66. The van der Waals surface area contributed by atoms with E-state index in [1.807, 2.05) is 18.2 Å². The predicted molar refractivity (Wildman–Crippen MR) is 119 cm³/mol. The van der Waals surface area contributed by atoms with Crippen molar-refractivity contribution in [3.05, 3.63) is 73.3 Å². The smallest absolute Gasteiger partial charge is 0.328 e. The van der Waals surface area contributed by atoms with E-state index < -0.39 is 0 Å². The Balaban J connectivity index is 1.35. The number of aromatic amines is 1. The number of hydrogen-bond donors (Lipinski definition) is 1. The van der Waals surface area contributed by atoms with Crippen LogP contribution in [0.5, 0.6) is 0 Å². The second-order valence-electron chi connectivity index (χ2n) is 7.24. The molecule has 1 aromatic heterocycles. The molecule has 1 aliphatic rings. The molecule has 1 fully saturated rings. The molecule has 3 aromatic rings. The summed E-state index contributed by atoms with van der Waals surface area (Å²) in [6.07, 6.45) is 0.728. The average Bonchev–Trinajstić information content (AvgIpc) is 2.71. The number of anilines is 1. The van der Waals surface area contributed by atoms with E-state index in [1.165, 1.54) is 4.57 Å². The third-order valence-corrected chi connectivity index (χ3v) is 5.82. The number of rotatable bonds is 5. The van der Waals surface area contributed by atoms with E-state index in [2.05, 4.69) is 20.9 Å². The lowest BCUT2D eigenvalue weighted by molar-refractivity contribution is 0.249. The number of hydrogen-bond acceptors (Lipinski definition) is 4. The summed E-state index contributed by atoms with van der Waals surface area (Å²) in [6.45, 7) is 4.94. The second-order valence-corrected chi connectivity index (χ2v) is 8.11. The van der Waals surface area contributed by atoms with Crippen LogP contribution in [0, 0.1) is 0 Å². The van der Waals surface area contributed by atoms with Crippen molar-refractivity contribution in [2.75, 3.05) is 37.6 Å². The lowest BCUT2D eigenvalue weighted by Crippen LogP contribution is -2.47. The summed E-state index contributed by atoms with van der Waals surface area (Å²) in [7, 11) is 0. The molecule has 0 amide bonds. The van der Waals surface area contributed by atoms with E-state index in [1.54, 1.807) is 18.2 Å². The summed E-state index contributed by atoms with van der Waals surface area (Å²) in [4.78, 5) is 32.4. The zero-order valence-corrected chi connectivity index (χ0v) is 17.4. The molecule has 0 spiro atoms. The largest absolute Gasteiger partial charge is 0.369 e. The molecule has 0 aliphatic carbocycles. The summed E-state index contributed by atoms with van der Waals surface area (Å²) in [5.74, 6) is 0. The molecule has 1 aliphatic heterocycles. The minimum absolute atomic E-state index is 0.294. The van der Waals surface area contributed by atoms with Gasteiger partial charge in [-0.15, -0.1) is 0 Å². The molecule has 6 nitrogen and oxygen atoms in total. The lowest BCUT2D eigenvalue weighted by Gasteiger charge is -2.36. The van der Waals surface area contributed by atoms with E-state index in [0.29, 0.717) is 22.5 Å². The highest BCUT2D eigenvalue weighted by Crippen LogP contribution is 2.20. The minimum atomic E-state index is -0.379. The molecule has 29 heavy (non-hydrogen) atoms. The first-order valence-corrected chi connectivity index (χ1v) is 10.4. The van der Waals surface area contributed by atoms with E-state index in [4.69, 9.17) is 23.2 Å². The number of halogens is 2. The molecule has 0 saturated carbocycles. The van der Waals surface area contributed by atoms with Gasteiger partial charge in [0.1, 0.15) is 0 Å². The van der Waals surface area contributed by atoms with E-state index in [-0.39, 0.29) is 11.2 Å². The zero-order chi connectivity index (χ0) is 20.4. The SMILES string of the molecule is O=c1[nH]c2ccc(Cl)cc2c(=O)n1CCCN1CCN(c2cccc(Cl)c2)CC1. The van der Waals surface area contributed by atoms with Gasteiger partial charge in [0, 0.05) is 48.5 Å². The maximum absolute atomic E-state index is 12.7. The molecule has 2 heterocycles. The van der Waals surface area contributed by atoms with Gasteiger partial charge >= 0.3 is 5.69 Å². The van der Waals surface area contributed by atoms with Crippen molar-refractivity contribution in [3.63, 3.8) is 0 Å². The van der Waals surface area contributed by atoms with Crippen molar-refractivity contribution in [3.8, 4) is 0 Å².